The zero-order valence-corrected chi connectivity index (χ0v) is 78.1. The van der Waals surface area contributed by atoms with Crippen LogP contribution in [-0.4, -0.2) is 183 Å². The molecule has 0 spiro atoms. The van der Waals surface area contributed by atoms with E-state index in [9.17, 15) is 72.2 Å². The number of carboxylic acid groups (broad SMARTS) is 1. The van der Waals surface area contributed by atoms with E-state index >= 15 is 0 Å². The number of phenolic OH excluding ortho intramolecular Hbond substituents is 1. The van der Waals surface area contributed by atoms with Crippen molar-refractivity contribution < 1.29 is 93.0 Å². The lowest BCUT2D eigenvalue weighted by atomic mass is 10.1. The molecular formula is C75H147BrN14O19S4. The number of nitrogen functional groups attached to an aromatic ring is 1. The molecule has 0 atom stereocenters. The first-order chi connectivity index (χ1) is 51.6. The second-order valence-corrected chi connectivity index (χ2v) is 32.2. The minimum Gasteiger partial charge on any atom is -0.506 e. The summed E-state index contributed by atoms with van der Waals surface area (Å²) >= 11 is 13.2. The molecule has 2 aromatic rings. The van der Waals surface area contributed by atoms with E-state index in [1.54, 1.807) is 120 Å². The molecule has 113 heavy (non-hydrogen) atoms. The molecule has 0 saturated heterocycles. The van der Waals surface area contributed by atoms with Gasteiger partial charge in [-0.05, 0) is 119 Å². The van der Waals surface area contributed by atoms with Crippen molar-refractivity contribution in [3.05, 3.63) is 48.5 Å². The van der Waals surface area contributed by atoms with Crippen molar-refractivity contribution >= 4 is 164 Å². The number of para-hydroxylation sites is 4. The van der Waals surface area contributed by atoms with Crippen LogP contribution in [0, 0.1) is 35.5 Å². The maximum Gasteiger partial charge on any atom is 0.338 e. The Balaban J connectivity index is -0.0000000983. The molecule has 0 aliphatic heterocycles. The lowest BCUT2D eigenvalue weighted by Gasteiger charge is -2.10. The third-order valence-electron chi connectivity index (χ3n) is 9.66. The van der Waals surface area contributed by atoms with Crippen LogP contribution in [0.2, 0.25) is 0 Å². The number of benzene rings is 2. The standard InChI is InChI=1S/C10H14N2O.C10H13NO2.C7H13NO2S.C6H11NO2.C5H10BrNO.C5H11NOS.C5H10OS.C4H11N3O.C4H10N2O2.2C4H9NO2.C4H8O2.C4H10.C3H8S/c1-7(2)10(13)12-9-6-4-3-5-8(9)11;1-7(2)10(13)11-8-5-3-4-6-9(8)12;1-5(2)8-7(10)4-11-6(3)9;1-4(2)5(8)6(9)7-3;1-4(2)7-5(8)3-6;1-4(2)6-5(7)3-8;1-4(2)7-5(3)6;1-3(2)6-4(8)7-5;1-3(2)5-4(7)6-8;1-4(2)5(7)3-6;1-3(2)4(6)5-7;1-3(2)4(5)6;1-4(2)3;1-3(2)4/h3-7H,11H2,1-2H3,(H,12,13);3-7,12H,1-2H3,(H,11,13);5H,4H2,1-3H3,(H,8,10);4H,1-3H3,(H,7,9);4H,3H2,1-2H3,(H,7,8);4,8H,3H2,1-2H3,(H,6,7);4H,1-3H3;3H,5H2,1-2H3,(H2,6,7,8);3,8H,1-2H3,(H2,5,6,7);3-4,7H,1-2H3;3,7H,1-2H3,(H,5,6);3H,1-2H3,(H,5,6);4H,1-3H3;3-4H,1-2H3. The van der Waals surface area contributed by atoms with Crippen LogP contribution in [0.3, 0.4) is 0 Å². The number of Topliss-reactive ketones (excluding diaryl/α,β-unsaturated/α-hetero) is 1. The molecule has 0 aliphatic carbocycles. The number of halogens is 1. The summed E-state index contributed by atoms with van der Waals surface area (Å²) in [6, 6.07) is 13.7. The van der Waals surface area contributed by atoms with Gasteiger partial charge in [-0.15, -0.1) is 0 Å². The molecule has 0 bridgehead atoms. The van der Waals surface area contributed by atoms with Crippen LogP contribution in [0.15, 0.2) is 48.5 Å². The molecule has 20 N–H and O–H groups in total. The van der Waals surface area contributed by atoms with Crippen molar-refractivity contribution in [3.63, 3.8) is 0 Å². The molecule has 33 nitrogen and oxygen atoms in total. The SMILES string of the molecule is CC(=O)SC(C)C.CC(=O)SCC(=O)NC(C)C.CC(C)C.CC(C)C(=O)NO.CC(C)C(=O)Nc1ccccc1N.CC(C)C(=O)Nc1ccccc1O.CC(C)C(=O)O.CC(C)N(O)C=O.CC(C)NC(=O)CBr.CC(C)NC(=O)CS.CC(C)NC(=O)NN.CC(C)NC(=O)NO.CC(C)S.CNC(=O)C(=O)C(C)C. The van der Waals surface area contributed by atoms with Crippen molar-refractivity contribution in [2.75, 3.05) is 40.3 Å². The third-order valence-corrected chi connectivity index (χ3v) is 12.1. The van der Waals surface area contributed by atoms with Gasteiger partial charge >= 0.3 is 18.0 Å². The summed E-state index contributed by atoms with van der Waals surface area (Å²) in [6.45, 7) is 57.2. The Kier molecular flexibility index (Phi) is 101. The van der Waals surface area contributed by atoms with Gasteiger partial charge in [-0.25, -0.2) is 31.5 Å². The van der Waals surface area contributed by atoms with Crippen LogP contribution in [-0.2, 0) is 57.5 Å². The molecule has 2 aromatic carbocycles. The smallest absolute Gasteiger partial charge is 0.338 e. The highest BCUT2D eigenvalue weighted by Gasteiger charge is 2.15. The molecule has 0 radical (unpaired) electrons. The maximum absolute atomic E-state index is 11.3. The highest BCUT2D eigenvalue weighted by atomic mass is 79.9. The van der Waals surface area contributed by atoms with Crippen LogP contribution in [0.4, 0.5) is 26.7 Å². The summed E-state index contributed by atoms with van der Waals surface area (Å²) < 4.78 is 0. The molecule has 0 fully saturated rings. The van der Waals surface area contributed by atoms with Crippen molar-refractivity contribution in [1.82, 2.24) is 53.3 Å². The molecule has 0 heterocycles. The molecular weight excluding hydrogens is 1610 g/mol. The number of likely N-dealkylation sites (N-methyl/N-ethyl adjacent to an activating group) is 1. The highest BCUT2D eigenvalue weighted by Crippen LogP contribution is 2.22. The molecule has 0 saturated carbocycles. The van der Waals surface area contributed by atoms with E-state index in [2.05, 4.69) is 104 Å². The van der Waals surface area contributed by atoms with Gasteiger partial charge in [0, 0.05) is 80.0 Å². The minimum absolute atomic E-state index is 0.0108. The van der Waals surface area contributed by atoms with Crippen LogP contribution >= 0.6 is 64.7 Å². The first-order valence-corrected chi connectivity index (χ1v) is 40.3. The lowest BCUT2D eigenvalue weighted by Crippen LogP contribution is -2.42. The van der Waals surface area contributed by atoms with Gasteiger partial charge in [0.15, 0.2) is 10.2 Å². The number of hydrogen-bond acceptors (Lipinski definition) is 24. The number of amides is 12. The van der Waals surface area contributed by atoms with E-state index < -0.39 is 17.9 Å². The largest absolute Gasteiger partial charge is 0.506 e. The molecule has 2 rings (SSSR count). The molecule has 0 aromatic heterocycles. The number of carbonyl (C=O) groups is 14. The fraction of sp³-hybridized carbons (Fsp3) is 0.653. The number of nitrogens with two attached hydrogens (primary N) is 2. The fourth-order valence-corrected chi connectivity index (χ4v) is 5.90. The van der Waals surface area contributed by atoms with Gasteiger partial charge in [-0.3, -0.25) is 78.6 Å². The number of hydroxylamine groups is 4. The number of aromatic hydroxyl groups is 1. The number of ketones is 1. The summed E-state index contributed by atoms with van der Waals surface area (Å²) in [4.78, 5) is 146. The maximum atomic E-state index is 11.3. The van der Waals surface area contributed by atoms with E-state index in [1.165, 1.54) is 42.8 Å². The Morgan fingerprint density at radius 1 is 0.522 bits per heavy atom. The number of anilines is 3. The number of urea groups is 2. The van der Waals surface area contributed by atoms with E-state index in [-0.39, 0.29) is 141 Å². The average molecular weight is 1760 g/mol. The van der Waals surface area contributed by atoms with E-state index in [4.69, 9.17) is 32.3 Å². The van der Waals surface area contributed by atoms with Crippen LogP contribution in [0.1, 0.15) is 215 Å². The van der Waals surface area contributed by atoms with Gasteiger partial charge in [0.2, 0.25) is 47.6 Å². The zero-order valence-electron chi connectivity index (χ0n) is 73.0. The van der Waals surface area contributed by atoms with Crippen molar-refractivity contribution in [3.8, 4) is 5.75 Å². The second kappa shape index (κ2) is 86.9. The summed E-state index contributed by atoms with van der Waals surface area (Å²) in [6.07, 6.45) is 0.380. The number of thiol groups is 2. The summed E-state index contributed by atoms with van der Waals surface area (Å²) in [5.41, 5.74) is 12.3. The Morgan fingerprint density at radius 2 is 0.867 bits per heavy atom. The quantitative estimate of drug-likeness (QED) is 0.00559. The summed E-state index contributed by atoms with van der Waals surface area (Å²) in [5, 5.41) is 64.3. The van der Waals surface area contributed by atoms with Crippen LogP contribution < -0.4 is 70.5 Å². The molecule has 0 unspecified atom stereocenters. The van der Waals surface area contributed by atoms with Gasteiger partial charge < -0.3 is 58.5 Å². The van der Waals surface area contributed by atoms with E-state index in [1.807, 2.05) is 114 Å². The zero-order chi connectivity index (χ0) is 92.2. The number of rotatable bonds is 20. The fourth-order valence-electron chi connectivity index (χ4n) is 4.57. The Bertz CT molecular complexity index is 2680. The van der Waals surface area contributed by atoms with E-state index in [0.717, 1.165) is 17.7 Å². The Hall–Kier alpha value is -7.46. The average Bonchev–Trinajstić information content (AvgIpc) is 0.915. The summed E-state index contributed by atoms with van der Waals surface area (Å²) in [5.74, 6) is 3.39. The number of hydrogen-bond donors (Lipinski definition) is 20. The first-order valence-electron chi connectivity index (χ1n) is 36.2. The predicted octanol–water partition coefficient (Wildman–Crippen LogP) is 11.4. The van der Waals surface area contributed by atoms with Crippen LogP contribution in [0.5, 0.6) is 5.75 Å². The van der Waals surface area contributed by atoms with Gasteiger partial charge in [-0.2, -0.15) is 25.3 Å². The van der Waals surface area contributed by atoms with Gasteiger partial charge in [0.1, 0.15) is 5.75 Å². The number of phenols is 1. The molecule has 38 heteroatoms. The van der Waals surface area contributed by atoms with Crippen LogP contribution in [0.25, 0.3) is 0 Å². The number of aliphatic carboxylic acids is 1. The normalized spacial score (nSPS) is 9.50. The van der Waals surface area contributed by atoms with Gasteiger partial charge in [0.05, 0.1) is 45.9 Å². The Labute approximate surface area is 703 Å². The third kappa shape index (κ3) is 126. The highest BCUT2D eigenvalue weighted by molar-refractivity contribution is 9.09. The number of carboxylic acids is 1. The molecule has 0 aliphatic rings. The number of hydrazine groups is 1. The monoisotopic (exact) mass is 1750 g/mol. The van der Waals surface area contributed by atoms with Gasteiger partial charge in [-0.1, -0.05) is 181 Å². The topological polar surface area (TPSA) is 528 Å². The number of carbonyl (C=O) groups excluding carboxylic acids is 13. The van der Waals surface area contributed by atoms with Crippen molar-refractivity contribution in [1.29, 1.82) is 0 Å². The number of nitrogens with zero attached hydrogens (tertiary/aromatic N) is 1. The molecule has 662 valence electrons. The van der Waals surface area contributed by atoms with Crippen molar-refractivity contribution in [2.24, 2.45) is 41.4 Å². The minimum atomic E-state index is -0.741. The van der Waals surface area contributed by atoms with Gasteiger partial charge in [0.25, 0.3) is 5.91 Å². The molecule has 12 amide bonds. The van der Waals surface area contributed by atoms with Crippen molar-refractivity contribution in [2.45, 2.75) is 261 Å². The summed E-state index contributed by atoms with van der Waals surface area (Å²) in [7, 11) is 1.45. The lowest BCUT2D eigenvalue weighted by molar-refractivity contribution is -0.156. The number of thioether (sulfide) groups is 2. The number of nitrogens with one attached hydrogen (secondary N) is 11. The number of alkyl halides is 1. The predicted molar refractivity (Wildman–Crippen MR) is 470 cm³/mol. The first kappa shape index (κ1) is 132. The Morgan fingerprint density at radius 3 is 1.05 bits per heavy atom. The second-order valence-electron chi connectivity index (χ2n) is 27.4. The van der Waals surface area contributed by atoms with E-state index in [0.29, 0.717) is 44.4 Å².